The second-order valence-corrected chi connectivity index (χ2v) is 8.45. The van der Waals surface area contributed by atoms with Gasteiger partial charge >= 0.3 is 12.1 Å². The molecule has 9 nitrogen and oxygen atoms in total. The van der Waals surface area contributed by atoms with E-state index in [9.17, 15) is 14.4 Å². The number of carbonyl (C=O) groups is 3. The van der Waals surface area contributed by atoms with Crippen LogP contribution in [0.3, 0.4) is 0 Å². The molecule has 0 spiro atoms. The fourth-order valence-corrected chi connectivity index (χ4v) is 3.93. The van der Waals surface area contributed by atoms with Crippen LogP contribution in [0.2, 0.25) is 0 Å². The smallest absolute Gasteiger partial charge is 0.407 e. The van der Waals surface area contributed by atoms with Crippen LogP contribution in [0.4, 0.5) is 4.79 Å². The van der Waals surface area contributed by atoms with Gasteiger partial charge in [-0.15, -0.1) is 0 Å². The summed E-state index contributed by atoms with van der Waals surface area (Å²) >= 11 is 0. The number of hydrogen-bond donors (Lipinski definition) is 3. The molecule has 0 aromatic heterocycles. The van der Waals surface area contributed by atoms with Crippen molar-refractivity contribution in [2.45, 2.75) is 38.3 Å². The molecule has 0 saturated heterocycles. The summed E-state index contributed by atoms with van der Waals surface area (Å²) in [6.45, 7) is 3.65. The quantitative estimate of drug-likeness (QED) is 0.431. The first-order valence-electron chi connectivity index (χ1n) is 11.1. The molecule has 2 atom stereocenters. The first-order valence-corrected chi connectivity index (χ1v) is 11.1. The highest BCUT2D eigenvalue weighted by Crippen LogP contribution is 2.44. The second-order valence-electron chi connectivity index (χ2n) is 8.45. The van der Waals surface area contributed by atoms with Gasteiger partial charge in [0, 0.05) is 25.5 Å². The van der Waals surface area contributed by atoms with Gasteiger partial charge in [0.2, 0.25) is 12.0 Å². The molecular formula is C25H30N2O7. The molecular weight excluding hydrogens is 440 g/mol. The average molecular weight is 471 g/mol. The van der Waals surface area contributed by atoms with E-state index in [-0.39, 0.29) is 31.5 Å². The Morgan fingerprint density at radius 1 is 1.00 bits per heavy atom. The number of carboxylic acids is 1. The van der Waals surface area contributed by atoms with Gasteiger partial charge in [0.25, 0.3) is 0 Å². The largest absolute Gasteiger partial charge is 0.479 e. The first-order chi connectivity index (χ1) is 16.3. The summed E-state index contributed by atoms with van der Waals surface area (Å²) < 4.78 is 10.3. The number of carbonyl (C=O) groups excluding carboxylic acids is 2. The van der Waals surface area contributed by atoms with Crippen molar-refractivity contribution in [2.75, 3.05) is 20.3 Å². The molecule has 2 aromatic rings. The first kappa shape index (κ1) is 25.2. The van der Waals surface area contributed by atoms with Crippen molar-refractivity contribution in [3.63, 3.8) is 0 Å². The van der Waals surface area contributed by atoms with Crippen molar-refractivity contribution in [3.05, 3.63) is 59.7 Å². The van der Waals surface area contributed by atoms with E-state index in [1.54, 1.807) is 0 Å². The maximum Gasteiger partial charge on any atom is 0.407 e. The van der Waals surface area contributed by atoms with E-state index in [0.29, 0.717) is 0 Å². The Kier molecular flexibility index (Phi) is 8.61. The molecule has 1 unspecified atom stereocenters. The molecule has 34 heavy (non-hydrogen) atoms. The summed E-state index contributed by atoms with van der Waals surface area (Å²) in [6.07, 6.45) is -2.07. The minimum Gasteiger partial charge on any atom is -0.479 e. The van der Waals surface area contributed by atoms with Crippen LogP contribution in [-0.2, 0) is 23.9 Å². The molecule has 182 valence electrons. The Hall–Kier alpha value is -3.43. The number of amides is 2. The number of ether oxygens (including phenoxy) is 2. The number of hydrogen-bond acceptors (Lipinski definition) is 6. The third-order valence-corrected chi connectivity index (χ3v) is 5.77. The van der Waals surface area contributed by atoms with Crippen LogP contribution >= 0.6 is 0 Å². The van der Waals surface area contributed by atoms with E-state index in [1.165, 1.54) is 7.11 Å². The summed E-state index contributed by atoms with van der Waals surface area (Å²) in [5.74, 6) is -1.99. The molecule has 1 aliphatic rings. The van der Waals surface area contributed by atoms with E-state index < -0.39 is 30.1 Å². The number of alkyl carbamates (subject to hydrolysis) is 1. The van der Waals surface area contributed by atoms with Crippen LogP contribution < -0.4 is 10.8 Å². The lowest BCUT2D eigenvalue weighted by molar-refractivity contribution is -0.165. The molecule has 3 rings (SSSR count). The maximum absolute atomic E-state index is 12.6. The van der Waals surface area contributed by atoms with Gasteiger partial charge in [-0.25, -0.2) is 15.1 Å². The summed E-state index contributed by atoms with van der Waals surface area (Å²) in [5, 5.41) is 11.8. The lowest BCUT2D eigenvalue weighted by atomic mass is 9.98. The van der Waals surface area contributed by atoms with Crippen LogP contribution in [0.1, 0.15) is 37.3 Å². The van der Waals surface area contributed by atoms with Gasteiger partial charge in [-0.2, -0.15) is 0 Å². The number of carboxylic acid groups (broad SMARTS) is 1. The summed E-state index contributed by atoms with van der Waals surface area (Å²) in [5.41, 5.74) is 6.60. The normalized spacial score (nSPS) is 14.1. The van der Waals surface area contributed by atoms with Gasteiger partial charge in [0.15, 0.2) is 0 Å². The van der Waals surface area contributed by atoms with Crippen LogP contribution in [0, 0.1) is 5.92 Å². The third kappa shape index (κ3) is 6.12. The van der Waals surface area contributed by atoms with Crippen LogP contribution in [0.15, 0.2) is 48.5 Å². The van der Waals surface area contributed by atoms with E-state index in [1.807, 2.05) is 50.2 Å². The molecule has 0 fully saturated rings. The van der Waals surface area contributed by atoms with E-state index >= 15 is 0 Å². The number of nitrogens with one attached hydrogen (secondary N) is 2. The molecule has 0 aliphatic heterocycles. The van der Waals surface area contributed by atoms with E-state index in [4.69, 9.17) is 19.4 Å². The Bertz CT molecular complexity index is 978. The number of hydroxylamine groups is 1. The highest BCUT2D eigenvalue weighted by molar-refractivity contribution is 5.79. The number of rotatable bonds is 11. The molecule has 0 saturated carbocycles. The number of fused-ring (bicyclic) bond motifs is 3. The maximum atomic E-state index is 12.6. The minimum absolute atomic E-state index is 0.0684. The Labute approximate surface area is 198 Å². The van der Waals surface area contributed by atoms with Crippen molar-refractivity contribution in [2.24, 2.45) is 5.92 Å². The Balaban J connectivity index is 1.55. The fraction of sp³-hybridized carbons (Fsp3) is 0.400. The number of benzene rings is 2. The van der Waals surface area contributed by atoms with Crippen LogP contribution in [-0.4, -0.2) is 55.5 Å². The van der Waals surface area contributed by atoms with Gasteiger partial charge in [-0.3, -0.25) is 9.63 Å². The predicted molar refractivity (Wildman–Crippen MR) is 124 cm³/mol. The van der Waals surface area contributed by atoms with Crippen molar-refractivity contribution in [1.82, 2.24) is 10.8 Å². The topological polar surface area (TPSA) is 123 Å². The standard InChI is InChI=1S/C25H30N2O7/c1-15(2)21(12-23(28)27-34-22(14-32-3)24(29)30)26-25(31)33-13-20-18-10-6-4-8-16(18)17-9-5-7-11-19(17)20/h4-11,15,20-22H,12-14H2,1-3H3,(H,26,31)(H,27,28)(H,29,30)/t21-,22?/m1/s1. The zero-order valence-electron chi connectivity index (χ0n) is 19.4. The summed E-state index contributed by atoms with van der Waals surface area (Å²) in [4.78, 5) is 40.8. The lowest BCUT2D eigenvalue weighted by Gasteiger charge is -2.23. The van der Waals surface area contributed by atoms with Crippen molar-refractivity contribution in [1.29, 1.82) is 0 Å². The van der Waals surface area contributed by atoms with Gasteiger partial charge in [0.1, 0.15) is 6.61 Å². The number of methoxy groups -OCH3 is 1. The number of aliphatic carboxylic acids is 1. The molecule has 9 heteroatoms. The fourth-order valence-electron chi connectivity index (χ4n) is 3.93. The molecule has 2 aromatic carbocycles. The van der Waals surface area contributed by atoms with Gasteiger partial charge < -0.3 is 19.9 Å². The van der Waals surface area contributed by atoms with Crippen molar-refractivity contribution >= 4 is 18.0 Å². The van der Waals surface area contributed by atoms with Crippen LogP contribution in [0.25, 0.3) is 11.1 Å². The minimum atomic E-state index is -1.33. The van der Waals surface area contributed by atoms with Gasteiger partial charge in [0.05, 0.1) is 6.61 Å². The van der Waals surface area contributed by atoms with Crippen molar-refractivity contribution in [3.8, 4) is 11.1 Å². The summed E-state index contributed by atoms with van der Waals surface area (Å²) in [6, 6.07) is 15.6. The van der Waals surface area contributed by atoms with Gasteiger partial charge in [-0.1, -0.05) is 62.4 Å². The monoisotopic (exact) mass is 470 g/mol. The molecule has 1 aliphatic carbocycles. The molecule has 0 heterocycles. The molecule has 2 amide bonds. The zero-order chi connectivity index (χ0) is 24.7. The zero-order valence-corrected chi connectivity index (χ0v) is 19.4. The predicted octanol–water partition coefficient (Wildman–Crippen LogP) is 3.09. The van der Waals surface area contributed by atoms with Crippen LogP contribution in [0.5, 0.6) is 0 Å². The van der Waals surface area contributed by atoms with E-state index in [2.05, 4.69) is 22.9 Å². The average Bonchev–Trinajstić information content (AvgIpc) is 3.13. The SMILES string of the molecule is COCC(ONC(=O)C[C@@H](NC(=O)OCC1c2ccccc2-c2ccccc21)C(C)C)C(=O)O. The van der Waals surface area contributed by atoms with Crippen molar-refractivity contribution < 1.29 is 33.8 Å². The second kappa shape index (κ2) is 11.6. The molecule has 3 N–H and O–H groups in total. The molecule has 0 radical (unpaired) electrons. The highest BCUT2D eigenvalue weighted by Gasteiger charge is 2.30. The van der Waals surface area contributed by atoms with E-state index in [0.717, 1.165) is 22.3 Å². The Morgan fingerprint density at radius 3 is 2.12 bits per heavy atom. The third-order valence-electron chi connectivity index (χ3n) is 5.77. The summed E-state index contributed by atoms with van der Waals surface area (Å²) in [7, 11) is 1.33. The van der Waals surface area contributed by atoms with Gasteiger partial charge in [-0.05, 0) is 28.2 Å². The molecule has 0 bridgehead atoms. The Morgan fingerprint density at radius 2 is 1.59 bits per heavy atom. The highest BCUT2D eigenvalue weighted by atomic mass is 16.7. The lowest BCUT2D eigenvalue weighted by Crippen LogP contribution is -2.44.